The molecular weight excluding hydrogens is 381 g/mol. The van der Waals surface area contributed by atoms with Gasteiger partial charge in [0.15, 0.2) is 0 Å². The first-order chi connectivity index (χ1) is 8.97. The van der Waals surface area contributed by atoms with Crippen molar-refractivity contribution in [1.82, 2.24) is 4.90 Å². The fourth-order valence-corrected chi connectivity index (χ4v) is 2.76. The van der Waals surface area contributed by atoms with E-state index in [1.165, 1.54) is 0 Å². The molecule has 1 unspecified atom stereocenters. The fraction of sp³-hybridized carbons (Fsp3) is 0.385. The molecule has 0 spiro atoms. The molecule has 1 fully saturated rings. The number of likely N-dealkylation sites (tertiary alicyclic amines) is 1. The summed E-state index contributed by atoms with van der Waals surface area (Å²) in [4.78, 5) is 24.6. The van der Waals surface area contributed by atoms with E-state index >= 15 is 0 Å². The van der Waals surface area contributed by atoms with Crippen LogP contribution in [0.5, 0.6) is 0 Å². The van der Waals surface area contributed by atoms with Crippen LogP contribution in [0.2, 0.25) is 5.02 Å². The van der Waals surface area contributed by atoms with E-state index in [-0.39, 0.29) is 18.2 Å². The van der Waals surface area contributed by atoms with Gasteiger partial charge in [0.1, 0.15) is 0 Å². The van der Waals surface area contributed by atoms with Gasteiger partial charge in [0.05, 0.1) is 5.02 Å². The summed E-state index contributed by atoms with van der Waals surface area (Å²) >= 11 is 8.11. The van der Waals surface area contributed by atoms with Gasteiger partial charge >= 0.3 is 5.97 Å². The van der Waals surface area contributed by atoms with Crippen molar-refractivity contribution in [1.29, 1.82) is 0 Å². The van der Waals surface area contributed by atoms with Gasteiger partial charge in [-0.2, -0.15) is 0 Å². The lowest BCUT2D eigenvalue weighted by molar-refractivity contribution is -0.138. The summed E-state index contributed by atoms with van der Waals surface area (Å²) in [5.41, 5.74) is 0.557. The molecule has 0 radical (unpaired) electrons. The van der Waals surface area contributed by atoms with Crippen molar-refractivity contribution >= 4 is 46.1 Å². The highest BCUT2D eigenvalue weighted by molar-refractivity contribution is 14.1. The minimum atomic E-state index is -0.809. The summed E-state index contributed by atoms with van der Waals surface area (Å²) in [5.74, 6) is -0.830. The third-order valence-corrected chi connectivity index (χ3v) is 4.78. The molecule has 0 saturated carbocycles. The summed E-state index contributed by atoms with van der Waals surface area (Å²) in [5, 5.41) is 9.32. The van der Waals surface area contributed by atoms with Gasteiger partial charge in [0.2, 0.25) is 0 Å². The molecule has 1 saturated heterocycles. The van der Waals surface area contributed by atoms with Crippen LogP contribution in [-0.2, 0) is 4.79 Å². The number of carboxylic acid groups (broad SMARTS) is 1. The number of aliphatic carboxylic acids is 1. The number of carbonyl (C=O) groups is 2. The minimum Gasteiger partial charge on any atom is -0.481 e. The number of rotatable bonds is 3. The molecule has 1 N–H and O–H groups in total. The lowest BCUT2D eigenvalue weighted by Crippen LogP contribution is -2.29. The first-order valence-electron chi connectivity index (χ1n) is 5.93. The molecule has 2 rings (SSSR count). The first kappa shape index (κ1) is 14.6. The normalized spacial score (nSPS) is 18.6. The Bertz CT molecular complexity index is 521. The maximum absolute atomic E-state index is 12.3. The van der Waals surface area contributed by atoms with Crippen LogP contribution in [0.25, 0.3) is 0 Å². The molecule has 1 aliphatic heterocycles. The van der Waals surface area contributed by atoms with E-state index in [2.05, 4.69) is 22.6 Å². The zero-order valence-electron chi connectivity index (χ0n) is 10.1. The molecule has 1 amide bonds. The van der Waals surface area contributed by atoms with E-state index in [0.717, 1.165) is 9.99 Å². The maximum atomic E-state index is 12.3. The van der Waals surface area contributed by atoms with Gasteiger partial charge in [-0.15, -0.1) is 0 Å². The zero-order valence-corrected chi connectivity index (χ0v) is 13.0. The van der Waals surface area contributed by atoms with Gasteiger partial charge in [0.25, 0.3) is 5.91 Å². The van der Waals surface area contributed by atoms with Crippen molar-refractivity contribution in [2.24, 2.45) is 5.92 Å². The minimum absolute atomic E-state index is 0.0563. The Kier molecular flexibility index (Phi) is 4.67. The number of hydrogen-bond donors (Lipinski definition) is 1. The average molecular weight is 394 g/mol. The number of benzene rings is 1. The highest BCUT2D eigenvalue weighted by atomic mass is 127. The lowest BCUT2D eigenvalue weighted by Gasteiger charge is -2.16. The van der Waals surface area contributed by atoms with Crippen molar-refractivity contribution in [2.75, 3.05) is 13.1 Å². The van der Waals surface area contributed by atoms with E-state index in [1.807, 2.05) is 0 Å². The summed E-state index contributed by atoms with van der Waals surface area (Å²) in [6, 6.07) is 5.22. The van der Waals surface area contributed by atoms with Crippen LogP contribution in [0.4, 0.5) is 0 Å². The Hall–Kier alpha value is -0.820. The highest BCUT2D eigenvalue weighted by Crippen LogP contribution is 2.24. The van der Waals surface area contributed by atoms with Crippen LogP contribution < -0.4 is 0 Å². The van der Waals surface area contributed by atoms with E-state index in [1.54, 1.807) is 23.1 Å². The predicted octanol–water partition coefficient (Wildman–Crippen LogP) is 2.88. The van der Waals surface area contributed by atoms with E-state index < -0.39 is 5.97 Å². The Balaban J connectivity index is 2.04. The number of carbonyl (C=O) groups excluding carboxylic acids is 1. The van der Waals surface area contributed by atoms with Gasteiger partial charge < -0.3 is 10.0 Å². The molecule has 19 heavy (non-hydrogen) atoms. The standard InChI is InChI=1S/C13H13ClINO3/c14-10-6-9(1-2-11(10)15)13(19)16-4-3-8(7-16)5-12(17)18/h1-2,6,8H,3-5,7H2,(H,17,18). The Labute approximate surface area is 129 Å². The molecule has 1 aromatic rings. The van der Waals surface area contributed by atoms with Crippen molar-refractivity contribution in [3.05, 3.63) is 32.4 Å². The second kappa shape index (κ2) is 6.09. The Morgan fingerprint density at radius 1 is 1.47 bits per heavy atom. The van der Waals surface area contributed by atoms with Crippen LogP contribution in [0.3, 0.4) is 0 Å². The number of halogens is 2. The quantitative estimate of drug-likeness (QED) is 0.804. The van der Waals surface area contributed by atoms with Gasteiger partial charge in [0, 0.05) is 28.6 Å². The van der Waals surface area contributed by atoms with E-state index in [0.29, 0.717) is 23.7 Å². The molecule has 1 aliphatic rings. The average Bonchev–Trinajstić information content (AvgIpc) is 2.79. The van der Waals surface area contributed by atoms with Crippen LogP contribution >= 0.6 is 34.2 Å². The second-order valence-corrected chi connectivity index (χ2v) is 6.20. The topological polar surface area (TPSA) is 57.6 Å². The predicted molar refractivity (Wildman–Crippen MR) is 80.4 cm³/mol. The molecule has 0 aliphatic carbocycles. The largest absolute Gasteiger partial charge is 0.481 e. The molecule has 0 bridgehead atoms. The highest BCUT2D eigenvalue weighted by Gasteiger charge is 2.28. The van der Waals surface area contributed by atoms with Crippen molar-refractivity contribution in [2.45, 2.75) is 12.8 Å². The van der Waals surface area contributed by atoms with E-state index in [4.69, 9.17) is 16.7 Å². The maximum Gasteiger partial charge on any atom is 0.303 e. The zero-order chi connectivity index (χ0) is 14.0. The molecule has 1 aromatic carbocycles. The summed E-state index contributed by atoms with van der Waals surface area (Å²) < 4.78 is 0.904. The van der Waals surface area contributed by atoms with Crippen LogP contribution in [0, 0.1) is 9.49 Å². The molecule has 6 heteroatoms. The monoisotopic (exact) mass is 393 g/mol. The first-order valence-corrected chi connectivity index (χ1v) is 7.39. The van der Waals surface area contributed by atoms with Gasteiger partial charge in [-0.25, -0.2) is 0 Å². The lowest BCUT2D eigenvalue weighted by atomic mass is 10.1. The molecular formula is C13H13ClINO3. The van der Waals surface area contributed by atoms with Gasteiger partial charge in [-0.3, -0.25) is 9.59 Å². The van der Waals surface area contributed by atoms with Crippen molar-refractivity contribution in [3.8, 4) is 0 Å². The molecule has 0 aromatic heterocycles. The molecule has 1 atom stereocenters. The third kappa shape index (κ3) is 3.60. The number of carboxylic acids is 1. The summed E-state index contributed by atoms with van der Waals surface area (Å²) in [6.07, 6.45) is 0.868. The second-order valence-electron chi connectivity index (χ2n) is 4.63. The number of amides is 1. The Morgan fingerprint density at radius 2 is 2.21 bits per heavy atom. The smallest absolute Gasteiger partial charge is 0.303 e. The van der Waals surface area contributed by atoms with Gasteiger partial charge in [-0.05, 0) is 53.1 Å². The van der Waals surface area contributed by atoms with Crippen molar-refractivity contribution in [3.63, 3.8) is 0 Å². The summed E-state index contributed by atoms with van der Waals surface area (Å²) in [6.45, 7) is 1.12. The van der Waals surface area contributed by atoms with Crippen LogP contribution in [0.1, 0.15) is 23.2 Å². The van der Waals surface area contributed by atoms with Gasteiger partial charge in [-0.1, -0.05) is 11.6 Å². The van der Waals surface area contributed by atoms with Crippen LogP contribution in [0.15, 0.2) is 18.2 Å². The number of hydrogen-bond acceptors (Lipinski definition) is 2. The van der Waals surface area contributed by atoms with Crippen molar-refractivity contribution < 1.29 is 14.7 Å². The molecule has 1 heterocycles. The third-order valence-electron chi connectivity index (χ3n) is 3.20. The SMILES string of the molecule is O=C(O)CC1CCN(C(=O)c2ccc(I)c(Cl)c2)C1. The van der Waals surface area contributed by atoms with Crippen LogP contribution in [-0.4, -0.2) is 35.0 Å². The molecule has 4 nitrogen and oxygen atoms in total. The number of nitrogens with zero attached hydrogens (tertiary/aromatic N) is 1. The Morgan fingerprint density at radius 3 is 2.84 bits per heavy atom. The molecule has 102 valence electrons. The summed E-state index contributed by atoms with van der Waals surface area (Å²) in [7, 11) is 0. The van der Waals surface area contributed by atoms with E-state index in [9.17, 15) is 9.59 Å². The fourth-order valence-electron chi connectivity index (χ4n) is 2.24.